The lowest BCUT2D eigenvalue weighted by Gasteiger charge is -2.09. The monoisotopic (exact) mass is 390 g/mol. The smallest absolute Gasteiger partial charge is 0.416 e. The molecule has 0 fully saturated rings. The molecule has 0 N–H and O–H groups in total. The molecular formula is C20H17F3N2O3. The topological polar surface area (TPSA) is 65.2 Å². The molecule has 28 heavy (non-hydrogen) atoms. The van der Waals surface area contributed by atoms with E-state index in [-0.39, 0.29) is 24.8 Å². The Morgan fingerprint density at radius 2 is 1.79 bits per heavy atom. The fourth-order valence-corrected chi connectivity index (χ4v) is 2.68. The second kappa shape index (κ2) is 8.24. The second-order valence-electron chi connectivity index (χ2n) is 6.01. The molecule has 3 rings (SSSR count). The Morgan fingerprint density at radius 3 is 2.46 bits per heavy atom. The predicted octanol–water partition coefficient (Wildman–Crippen LogP) is 4.45. The van der Waals surface area contributed by atoms with Crippen molar-refractivity contribution in [2.45, 2.75) is 25.9 Å². The maximum atomic E-state index is 12.7. The van der Waals surface area contributed by atoms with Crippen molar-refractivity contribution < 1.29 is 27.1 Å². The van der Waals surface area contributed by atoms with Crippen molar-refractivity contribution in [1.82, 2.24) is 10.2 Å². The minimum absolute atomic E-state index is 0.123. The number of benzene rings is 2. The van der Waals surface area contributed by atoms with E-state index in [0.717, 1.165) is 17.7 Å². The van der Waals surface area contributed by atoms with Crippen LogP contribution >= 0.6 is 0 Å². The van der Waals surface area contributed by atoms with E-state index in [1.54, 1.807) is 19.1 Å². The van der Waals surface area contributed by atoms with E-state index in [2.05, 4.69) is 10.2 Å². The minimum Gasteiger partial charge on any atom is -0.466 e. The third-order valence-corrected chi connectivity index (χ3v) is 3.99. The van der Waals surface area contributed by atoms with Gasteiger partial charge in [0.2, 0.25) is 11.8 Å². The number of esters is 1. The molecule has 0 aliphatic carbocycles. The summed E-state index contributed by atoms with van der Waals surface area (Å²) in [6.45, 7) is 1.96. The van der Waals surface area contributed by atoms with Crippen molar-refractivity contribution in [1.29, 1.82) is 0 Å². The first-order valence-electron chi connectivity index (χ1n) is 8.59. The Kier molecular flexibility index (Phi) is 5.77. The van der Waals surface area contributed by atoms with Gasteiger partial charge in [0.15, 0.2) is 0 Å². The molecule has 0 aliphatic rings. The average Bonchev–Trinajstić information content (AvgIpc) is 3.10. The third kappa shape index (κ3) is 4.76. The Labute approximate surface area is 159 Å². The standard InChI is InChI=1S/C20H17F3N2O3/c1-2-27-18(26)12-17-24-25-19(28-17)16-6-4-3-5-14(16)11-13-7-9-15(10-8-13)20(21,22)23/h3-10H,2,11-12H2,1H3. The first kappa shape index (κ1) is 19.6. The van der Waals surface area contributed by atoms with Crippen molar-refractivity contribution in [3.8, 4) is 11.5 Å². The molecule has 0 unspecified atom stereocenters. The summed E-state index contributed by atoms with van der Waals surface area (Å²) >= 11 is 0. The zero-order valence-electron chi connectivity index (χ0n) is 15.0. The van der Waals surface area contributed by atoms with Gasteiger partial charge in [-0.25, -0.2) is 0 Å². The molecule has 0 amide bonds. The summed E-state index contributed by atoms with van der Waals surface area (Å²) in [6, 6.07) is 12.2. The number of nitrogens with zero attached hydrogens (tertiary/aromatic N) is 2. The number of hydrogen-bond donors (Lipinski definition) is 0. The fourth-order valence-electron chi connectivity index (χ4n) is 2.68. The van der Waals surface area contributed by atoms with Crippen LogP contribution < -0.4 is 0 Å². The van der Waals surface area contributed by atoms with E-state index in [1.807, 2.05) is 12.1 Å². The van der Waals surface area contributed by atoms with Crippen LogP contribution in [0.4, 0.5) is 13.2 Å². The Balaban J connectivity index is 1.80. The normalized spacial score (nSPS) is 11.4. The number of alkyl halides is 3. The summed E-state index contributed by atoms with van der Waals surface area (Å²) < 4.78 is 48.5. The van der Waals surface area contributed by atoms with E-state index in [0.29, 0.717) is 17.5 Å². The maximum absolute atomic E-state index is 12.7. The lowest BCUT2D eigenvalue weighted by molar-refractivity contribution is -0.142. The largest absolute Gasteiger partial charge is 0.466 e. The van der Waals surface area contributed by atoms with E-state index < -0.39 is 17.7 Å². The van der Waals surface area contributed by atoms with Crippen molar-refractivity contribution >= 4 is 5.97 Å². The third-order valence-electron chi connectivity index (χ3n) is 3.99. The van der Waals surface area contributed by atoms with Crippen LogP contribution in [0.25, 0.3) is 11.5 Å². The van der Waals surface area contributed by atoms with Gasteiger partial charge in [-0.1, -0.05) is 30.3 Å². The van der Waals surface area contributed by atoms with Crippen LogP contribution in [0.2, 0.25) is 0 Å². The van der Waals surface area contributed by atoms with Gasteiger partial charge in [-0.05, 0) is 42.7 Å². The average molecular weight is 390 g/mol. The minimum atomic E-state index is -4.37. The zero-order chi connectivity index (χ0) is 20.1. The van der Waals surface area contributed by atoms with Crippen LogP contribution in [-0.4, -0.2) is 22.8 Å². The van der Waals surface area contributed by atoms with Crippen molar-refractivity contribution in [2.75, 3.05) is 6.61 Å². The number of aromatic nitrogens is 2. The number of carbonyl (C=O) groups excluding carboxylic acids is 1. The van der Waals surface area contributed by atoms with Crippen LogP contribution in [0.5, 0.6) is 0 Å². The molecule has 1 heterocycles. The van der Waals surface area contributed by atoms with E-state index in [1.165, 1.54) is 12.1 Å². The Hall–Kier alpha value is -3.16. The van der Waals surface area contributed by atoms with Crippen LogP contribution in [0.3, 0.4) is 0 Å². The summed E-state index contributed by atoms with van der Waals surface area (Å²) in [5, 5.41) is 7.83. The molecule has 1 aromatic heterocycles. The van der Waals surface area contributed by atoms with Gasteiger partial charge in [-0.15, -0.1) is 10.2 Å². The summed E-state index contributed by atoms with van der Waals surface area (Å²) in [5.41, 5.74) is 1.50. The highest BCUT2D eigenvalue weighted by Gasteiger charge is 2.29. The van der Waals surface area contributed by atoms with Gasteiger partial charge >= 0.3 is 12.1 Å². The molecular weight excluding hydrogens is 373 g/mol. The molecule has 2 aromatic carbocycles. The Bertz CT molecular complexity index is 950. The number of ether oxygens (including phenoxy) is 1. The number of hydrogen-bond acceptors (Lipinski definition) is 5. The van der Waals surface area contributed by atoms with Gasteiger partial charge in [-0.2, -0.15) is 13.2 Å². The van der Waals surface area contributed by atoms with E-state index in [9.17, 15) is 18.0 Å². The molecule has 0 saturated carbocycles. The highest BCUT2D eigenvalue weighted by atomic mass is 19.4. The molecule has 8 heteroatoms. The van der Waals surface area contributed by atoms with Crippen LogP contribution in [-0.2, 0) is 28.5 Å². The zero-order valence-corrected chi connectivity index (χ0v) is 15.0. The molecule has 146 valence electrons. The molecule has 0 aliphatic heterocycles. The molecule has 0 bridgehead atoms. The van der Waals surface area contributed by atoms with Gasteiger partial charge in [-0.3, -0.25) is 4.79 Å². The lowest BCUT2D eigenvalue weighted by Crippen LogP contribution is -2.07. The molecule has 3 aromatic rings. The summed E-state index contributed by atoms with van der Waals surface area (Å²) in [4.78, 5) is 11.5. The van der Waals surface area contributed by atoms with E-state index >= 15 is 0 Å². The van der Waals surface area contributed by atoms with Gasteiger partial charge in [0, 0.05) is 5.56 Å². The number of halogens is 3. The van der Waals surface area contributed by atoms with Crippen LogP contribution in [0.1, 0.15) is 29.5 Å². The molecule has 0 atom stereocenters. The van der Waals surface area contributed by atoms with Gasteiger partial charge in [0.05, 0.1) is 12.2 Å². The molecule has 0 radical (unpaired) electrons. The molecule has 5 nitrogen and oxygen atoms in total. The summed E-state index contributed by atoms with van der Waals surface area (Å²) in [5.74, 6) is -0.0877. The van der Waals surface area contributed by atoms with Gasteiger partial charge < -0.3 is 9.15 Å². The van der Waals surface area contributed by atoms with Crippen molar-refractivity contribution in [2.24, 2.45) is 0 Å². The maximum Gasteiger partial charge on any atom is 0.416 e. The first-order valence-corrected chi connectivity index (χ1v) is 8.59. The van der Waals surface area contributed by atoms with Crippen LogP contribution in [0.15, 0.2) is 52.9 Å². The van der Waals surface area contributed by atoms with Crippen LogP contribution in [0, 0.1) is 0 Å². The van der Waals surface area contributed by atoms with Crippen molar-refractivity contribution in [3.63, 3.8) is 0 Å². The number of carbonyl (C=O) groups is 1. The van der Waals surface area contributed by atoms with Gasteiger partial charge in [0.1, 0.15) is 6.42 Å². The molecule has 0 saturated heterocycles. The SMILES string of the molecule is CCOC(=O)Cc1nnc(-c2ccccc2Cc2ccc(C(F)(F)F)cc2)o1. The highest BCUT2D eigenvalue weighted by Crippen LogP contribution is 2.30. The predicted molar refractivity (Wildman–Crippen MR) is 94.3 cm³/mol. The highest BCUT2D eigenvalue weighted by molar-refractivity contribution is 5.71. The summed E-state index contributed by atoms with van der Waals surface area (Å²) in [7, 11) is 0. The second-order valence-corrected chi connectivity index (χ2v) is 6.01. The van der Waals surface area contributed by atoms with E-state index in [4.69, 9.17) is 9.15 Å². The Morgan fingerprint density at radius 1 is 1.07 bits per heavy atom. The fraction of sp³-hybridized carbons (Fsp3) is 0.250. The van der Waals surface area contributed by atoms with Gasteiger partial charge in [0.25, 0.3) is 0 Å². The lowest BCUT2D eigenvalue weighted by atomic mass is 9.99. The molecule has 0 spiro atoms. The summed E-state index contributed by atoms with van der Waals surface area (Å²) in [6.07, 6.45) is -4.10. The quantitative estimate of drug-likeness (QED) is 0.582. The van der Waals surface area contributed by atoms with Crippen molar-refractivity contribution in [3.05, 3.63) is 71.1 Å². The number of rotatable bonds is 6. The first-order chi connectivity index (χ1) is 13.4.